The number of hydrogen-bond acceptors (Lipinski definition) is 9. The van der Waals surface area contributed by atoms with E-state index in [1.54, 1.807) is 6.07 Å². The molecule has 0 radical (unpaired) electrons. The molecule has 2 saturated heterocycles. The maximum Gasteiger partial charge on any atom is 0.338 e. The Kier molecular flexibility index (Phi) is 8.12. The van der Waals surface area contributed by atoms with Gasteiger partial charge in [0.2, 0.25) is 5.88 Å². The third-order valence-corrected chi connectivity index (χ3v) is 8.61. The van der Waals surface area contributed by atoms with Crippen LogP contribution in [0.25, 0.3) is 21.9 Å². The second-order valence-corrected chi connectivity index (χ2v) is 13.2. The Morgan fingerprint density at radius 1 is 1.00 bits per heavy atom. The molecule has 2 aliphatic heterocycles. The van der Waals surface area contributed by atoms with E-state index < -0.39 is 5.60 Å². The van der Waals surface area contributed by atoms with Gasteiger partial charge in [-0.15, -0.1) is 0 Å². The molecule has 0 N–H and O–H groups in total. The molecular weight excluding hydrogens is 582 g/mol. The molecule has 5 aromatic rings. The highest BCUT2D eigenvalue weighted by Crippen LogP contribution is 2.26. The molecule has 7 rings (SSSR count). The number of ether oxygens (including phenoxy) is 3. The molecule has 5 heterocycles. The van der Waals surface area contributed by atoms with Gasteiger partial charge in [0.25, 0.3) is 0 Å². The number of benzene rings is 2. The number of aromatic nitrogens is 5. The number of imidazole rings is 1. The molecule has 0 amide bonds. The number of fused-ring (bicyclic) bond motifs is 2. The summed E-state index contributed by atoms with van der Waals surface area (Å²) in [6.45, 7) is 11.8. The Morgan fingerprint density at radius 3 is 2.59 bits per heavy atom. The maximum atomic E-state index is 12.8. The largest absolute Gasteiger partial charge is 0.473 e. The Hall–Kier alpha value is -4.48. The summed E-state index contributed by atoms with van der Waals surface area (Å²) in [7, 11) is 1.95. The van der Waals surface area contributed by atoms with Gasteiger partial charge in [-0.3, -0.25) is 9.58 Å². The molecule has 2 aliphatic rings. The highest BCUT2D eigenvalue weighted by molar-refractivity contribution is 5.94. The van der Waals surface area contributed by atoms with E-state index in [0.717, 1.165) is 84.9 Å². The van der Waals surface area contributed by atoms with Gasteiger partial charge in [-0.05, 0) is 63.1 Å². The van der Waals surface area contributed by atoms with E-state index in [2.05, 4.69) is 37.7 Å². The minimum atomic E-state index is -0.556. The molecule has 0 aliphatic carbocycles. The highest BCUT2D eigenvalue weighted by atomic mass is 16.6. The summed E-state index contributed by atoms with van der Waals surface area (Å²) < 4.78 is 21.6. The minimum absolute atomic E-state index is 0.164. The van der Waals surface area contributed by atoms with E-state index in [-0.39, 0.29) is 12.1 Å². The number of aryl methyl sites for hydroxylation is 1. The summed E-state index contributed by atoms with van der Waals surface area (Å²) in [5.74, 6) is 2.19. The van der Waals surface area contributed by atoms with Crippen LogP contribution in [0, 0.1) is 0 Å². The van der Waals surface area contributed by atoms with E-state index in [4.69, 9.17) is 24.2 Å². The fourth-order valence-corrected chi connectivity index (χ4v) is 6.03. The van der Waals surface area contributed by atoms with Crippen molar-refractivity contribution in [3.63, 3.8) is 0 Å². The first-order valence-electron chi connectivity index (χ1n) is 16.0. The average molecular weight is 624 g/mol. The van der Waals surface area contributed by atoms with E-state index in [0.29, 0.717) is 24.6 Å². The van der Waals surface area contributed by atoms with Crippen LogP contribution in [0.3, 0.4) is 0 Å². The Balaban J connectivity index is 1.01. The van der Waals surface area contributed by atoms with Crippen molar-refractivity contribution in [2.45, 2.75) is 58.6 Å². The Bertz CT molecular complexity index is 1860. The topological polar surface area (TPSA) is 99.8 Å². The van der Waals surface area contributed by atoms with Crippen LogP contribution in [0.4, 0.5) is 5.82 Å². The van der Waals surface area contributed by atoms with Crippen molar-refractivity contribution in [1.29, 1.82) is 0 Å². The third-order valence-electron chi connectivity index (χ3n) is 8.61. The standard InChI is InChI=1S/C35H41N7O4/c1-35(2,3)46-34(43)25-10-11-28-30(19-25)42(21-27-12-17-44-27)32(37-28)22-40-13-15-41(16-14-40)31-6-5-7-33(38-31)45-23-24-8-9-26-20-36-39(4)29(26)18-24/h5-11,18-20,27H,12-17,21-23H2,1-4H3. The summed E-state index contributed by atoms with van der Waals surface area (Å²) in [5, 5.41) is 5.44. The Morgan fingerprint density at radius 2 is 1.83 bits per heavy atom. The zero-order chi connectivity index (χ0) is 31.8. The number of piperazine rings is 1. The SMILES string of the molecule is Cn1ncc2ccc(COc3cccc(N4CCN(Cc5nc6ccc(C(=O)OC(C)(C)C)cc6n5CC5CCO5)CC4)n3)cc21. The van der Waals surface area contributed by atoms with Crippen molar-refractivity contribution < 1.29 is 19.0 Å². The van der Waals surface area contributed by atoms with Crippen LogP contribution in [-0.2, 0) is 36.2 Å². The average Bonchev–Trinajstić information content (AvgIpc) is 3.56. The smallest absolute Gasteiger partial charge is 0.338 e. The fraction of sp³-hybridized carbons (Fsp3) is 0.429. The summed E-state index contributed by atoms with van der Waals surface area (Å²) in [5.41, 5.74) is 3.95. The molecule has 240 valence electrons. The first-order chi connectivity index (χ1) is 22.2. The van der Waals surface area contributed by atoms with Crippen molar-refractivity contribution in [3.8, 4) is 5.88 Å². The Labute approximate surface area is 268 Å². The molecule has 0 spiro atoms. The molecule has 0 bridgehead atoms. The second-order valence-electron chi connectivity index (χ2n) is 13.2. The van der Waals surface area contributed by atoms with Crippen LogP contribution < -0.4 is 9.64 Å². The van der Waals surface area contributed by atoms with Crippen molar-refractivity contribution in [1.82, 2.24) is 29.2 Å². The molecule has 1 unspecified atom stereocenters. The number of carbonyl (C=O) groups is 1. The van der Waals surface area contributed by atoms with Gasteiger partial charge in [-0.25, -0.2) is 9.78 Å². The van der Waals surface area contributed by atoms with Gasteiger partial charge in [-0.2, -0.15) is 10.1 Å². The van der Waals surface area contributed by atoms with E-state index in [1.165, 1.54) is 0 Å². The van der Waals surface area contributed by atoms with Crippen LogP contribution in [0.15, 0.2) is 60.8 Å². The summed E-state index contributed by atoms with van der Waals surface area (Å²) in [6, 6.07) is 17.9. The molecular formula is C35H41N7O4. The van der Waals surface area contributed by atoms with E-state index in [9.17, 15) is 4.79 Å². The predicted molar refractivity (Wildman–Crippen MR) is 176 cm³/mol. The van der Waals surface area contributed by atoms with Crippen molar-refractivity contribution in [2.75, 3.05) is 37.7 Å². The zero-order valence-corrected chi connectivity index (χ0v) is 27.0. The number of rotatable bonds is 9. The number of nitrogens with zero attached hydrogens (tertiary/aromatic N) is 7. The van der Waals surface area contributed by atoms with Crippen molar-refractivity contribution in [2.24, 2.45) is 7.05 Å². The molecule has 46 heavy (non-hydrogen) atoms. The number of anilines is 1. The minimum Gasteiger partial charge on any atom is -0.473 e. The molecule has 2 fully saturated rings. The van der Waals surface area contributed by atoms with Crippen LogP contribution in [0.2, 0.25) is 0 Å². The van der Waals surface area contributed by atoms with Gasteiger partial charge >= 0.3 is 5.97 Å². The summed E-state index contributed by atoms with van der Waals surface area (Å²) in [6.07, 6.45) is 3.06. The van der Waals surface area contributed by atoms with Crippen LogP contribution in [-0.4, -0.2) is 79.7 Å². The lowest BCUT2D eigenvalue weighted by Crippen LogP contribution is -2.46. The predicted octanol–water partition coefficient (Wildman–Crippen LogP) is 4.96. The first kappa shape index (κ1) is 30.2. The van der Waals surface area contributed by atoms with Crippen molar-refractivity contribution in [3.05, 3.63) is 77.7 Å². The number of hydrogen-bond donors (Lipinski definition) is 0. The molecule has 1 atom stereocenters. The maximum absolute atomic E-state index is 12.8. The first-order valence-corrected chi connectivity index (χ1v) is 16.0. The highest BCUT2D eigenvalue weighted by Gasteiger charge is 2.26. The zero-order valence-electron chi connectivity index (χ0n) is 27.0. The molecule has 11 heteroatoms. The molecule has 3 aromatic heterocycles. The van der Waals surface area contributed by atoms with Crippen LogP contribution in [0.5, 0.6) is 5.88 Å². The van der Waals surface area contributed by atoms with Gasteiger partial charge in [0.15, 0.2) is 0 Å². The van der Waals surface area contributed by atoms with Crippen molar-refractivity contribution >= 4 is 33.7 Å². The van der Waals surface area contributed by atoms with E-state index >= 15 is 0 Å². The number of pyridine rings is 1. The fourth-order valence-electron chi connectivity index (χ4n) is 6.03. The molecule has 0 saturated carbocycles. The summed E-state index contributed by atoms with van der Waals surface area (Å²) >= 11 is 0. The third kappa shape index (κ3) is 6.56. The monoisotopic (exact) mass is 623 g/mol. The second kappa shape index (κ2) is 12.4. The van der Waals surface area contributed by atoms with Gasteiger partial charge in [0, 0.05) is 51.3 Å². The van der Waals surface area contributed by atoms with Crippen LogP contribution in [0.1, 0.15) is 48.9 Å². The van der Waals surface area contributed by atoms with Gasteiger partial charge in [0.05, 0.1) is 47.5 Å². The van der Waals surface area contributed by atoms with Gasteiger partial charge in [0.1, 0.15) is 23.9 Å². The quantitative estimate of drug-likeness (QED) is 0.211. The molecule has 11 nitrogen and oxygen atoms in total. The normalized spacial score (nSPS) is 17.4. The van der Waals surface area contributed by atoms with E-state index in [1.807, 2.05) is 69.0 Å². The lowest BCUT2D eigenvalue weighted by Gasteiger charge is -2.35. The number of carbonyl (C=O) groups excluding carboxylic acids is 1. The summed E-state index contributed by atoms with van der Waals surface area (Å²) in [4.78, 5) is 27.4. The molecule has 2 aromatic carbocycles. The number of esters is 1. The van der Waals surface area contributed by atoms with Gasteiger partial charge in [-0.1, -0.05) is 18.2 Å². The van der Waals surface area contributed by atoms with Crippen LogP contribution >= 0.6 is 0 Å². The lowest BCUT2D eigenvalue weighted by molar-refractivity contribution is -0.0592. The van der Waals surface area contributed by atoms with Gasteiger partial charge < -0.3 is 23.7 Å². The lowest BCUT2D eigenvalue weighted by atomic mass is 10.1.